The second-order valence-electron chi connectivity index (χ2n) is 8.12. The van der Waals surface area contributed by atoms with Crippen LogP contribution in [0.25, 0.3) is 22.2 Å². The highest BCUT2D eigenvalue weighted by Gasteiger charge is 2.26. The number of ether oxygens (including phenoxy) is 1. The second kappa shape index (κ2) is 8.24. The van der Waals surface area contributed by atoms with Gasteiger partial charge in [0.05, 0.1) is 29.4 Å². The molecule has 0 N–H and O–H groups in total. The SMILES string of the molecule is Cc1nc2cc(N3CCO[C@H](c4cnn(C)c4)C3)nc(-c3ccc(Cl)cc3F)c2c(=O)n1C. The summed E-state index contributed by atoms with van der Waals surface area (Å²) in [6.07, 6.45) is 3.52. The number of aryl methyl sites for hydroxylation is 2. The number of benzene rings is 1. The van der Waals surface area contributed by atoms with Crippen LogP contribution < -0.4 is 10.5 Å². The Bertz CT molecular complexity index is 1430. The predicted molar refractivity (Wildman–Crippen MR) is 124 cm³/mol. The number of anilines is 1. The third kappa shape index (κ3) is 3.87. The molecule has 1 fully saturated rings. The lowest BCUT2D eigenvalue weighted by atomic mass is 10.1. The van der Waals surface area contributed by atoms with Crippen LogP contribution >= 0.6 is 11.6 Å². The van der Waals surface area contributed by atoms with E-state index in [9.17, 15) is 9.18 Å². The van der Waals surface area contributed by atoms with Gasteiger partial charge in [0.1, 0.15) is 23.6 Å². The number of morpholine rings is 1. The van der Waals surface area contributed by atoms with Gasteiger partial charge < -0.3 is 9.64 Å². The van der Waals surface area contributed by atoms with Crippen LogP contribution in [-0.4, -0.2) is 44.0 Å². The fraction of sp³-hybridized carbons (Fsp3) is 0.304. The normalized spacial score (nSPS) is 16.5. The van der Waals surface area contributed by atoms with Crippen molar-refractivity contribution < 1.29 is 9.13 Å². The molecule has 1 saturated heterocycles. The monoisotopic (exact) mass is 468 g/mol. The standard InChI is InChI=1S/C23H22ClFN6O2/c1-13-27-18-9-20(31-6-7-33-19(12-31)14-10-26-29(2)11-14)28-22(21(18)23(32)30(13)3)16-5-4-15(24)8-17(16)25/h4-5,8-11,19H,6-7,12H2,1-3H3/t19-/m0/s1. The summed E-state index contributed by atoms with van der Waals surface area (Å²) in [7, 11) is 3.50. The zero-order valence-corrected chi connectivity index (χ0v) is 19.2. The van der Waals surface area contributed by atoms with Gasteiger partial charge in [0.2, 0.25) is 0 Å². The van der Waals surface area contributed by atoms with Crippen LogP contribution in [-0.2, 0) is 18.8 Å². The molecule has 4 aromatic rings. The molecule has 4 heterocycles. The molecular weight excluding hydrogens is 447 g/mol. The number of nitrogens with zero attached hydrogens (tertiary/aromatic N) is 6. The smallest absolute Gasteiger partial charge is 0.263 e. The molecule has 170 valence electrons. The Morgan fingerprint density at radius 2 is 2.03 bits per heavy atom. The van der Waals surface area contributed by atoms with Crippen LogP contribution in [0, 0.1) is 12.7 Å². The molecule has 0 bridgehead atoms. The van der Waals surface area contributed by atoms with Gasteiger partial charge in [-0.3, -0.25) is 14.0 Å². The predicted octanol–water partition coefficient (Wildman–Crippen LogP) is 3.41. The molecule has 0 aliphatic carbocycles. The largest absolute Gasteiger partial charge is 0.370 e. The lowest BCUT2D eigenvalue weighted by molar-refractivity contribution is 0.0395. The van der Waals surface area contributed by atoms with Crippen LogP contribution in [0.4, 0.5) is 10.2 Å². The third-order valence-electron chi connectivity index (χ3n) is 5.94. The van der Waals surface area contributed by atoms with Crippen molar-refractivity contribution in [1.82, 2.24) is 24.3 Å². The van der Waals surface area contributed by atoms with E-state index in [0.717, 1.165) is 5.56 Å². The Morgan fingerprint density at radius 1 is 1.21 bits per heavy atom. The summed E-state index contributed by atoms with van der Waals surface area (Å²) >= 11 is 5.96. The quantitative estimate of drug-likeness (QED) is 0.458. The first-order valence-electron chi connectivity index (χ1n) is 10.5. The first-order chi connectivity index (χ1) is 15.8. The van der Waals surface area contributed by atoms with E-state index in [4.69, 9.17) is 21.3 Å². The molecule has 1 atom stereocenters. The van der Waals surface area contributed by atoms with Crippen molar-refractivity contribution in [2.45, 2.75) is 13.0 Å². The molecule has 0 unspecified atom stereocenters. The number of aromatic nitrogens is 5. The van der Waals surface area contributed by atoms with E-state index in [2.05, 4.69) is 15.0 Å². The van der Waals surface area contributed by atoms with Crippen molar-refractivity contribution in [2.75, 3.05) is 24.6 Å². The fourth-order valence-electron chi connectivity index (χ4n) is 4.09. The highest BCUT2D eigenvalue weighted by Crippen LogP contribution is 2.32. The first-order valence-corrected chi connectivity index (χ1v) is 10.9. The van der Waals surface area contributed by atoms with Gasteiger partial charge >= 0.3 is 0 Å². The highest BCUT2D eigenvalue weighted by molar-refractivity contribution is 6.30. The number of hydrogen-bond donors (Lipinski definition) is 0. The minimum atomic E-state index is -0.550. The number of rotatable bonds is 3. The molecule has 8 nitrogen and oxygen atoms in total. The van der Waals surface area contributed by atoms with Crippen LogP contribution in [0.1, 0.15) is 17.5 Å². The lowest BCUT2D eigenvalue weighted by Crippen LogP contribution is -2.39. The maximum Gasteiger partial charge on any atom is 0.263 e. The van der Waals surface area contributed by atoms with Gasteiger partial charge in [-0.05, 0) is 25.1 Å². The Kier molecular flexibility index (Phi) is 5.38. The van der Waals surface area contributed by atoms with E-state index in [0.29, 0.717) is 36.9 Å². The molecule has 0 saturated carbocycles. The molecule has 0 radical (unpaired) electrons. The highest BCUT2D eigenvalue weighted by atomic mass is 35.5. The number of fused-ring (bicyclic) bond motifs is 1. The summed E-state index contributed by atoms with van der Waals surface area (Å²) in [4.78, 5) is 24.6. The van der Waals surface area contributed by atoms with Gasteiger partial charge in [-0.25, -0.2) is 14.4 Å². The maximum absolute atomic E-state index is 14.9. The number of hydrogen-bond acceptors (Lipinski definition) is 6. The van der Waals surface area contributed by atoms with E-state index in [1.54, 1.807) is 43.0 Å². The van der Waals surface area contributed by atoms with Crippen LogP contribution in [0.15, 0.2) is 41.5 Å². The lowest BCUT2D eigenvalue weighted by Gasteiger charge is -2.33. The molecule has 1 aliphatic heterocycles. The summed E-state index contributed by atoms with van der Waals surface area (Å²) in [5, 5.41) is 4.77. The van der Waals surface area contributed by atoms with E-state index < -0.39 is 5.82 Å². The molecule has 3 aromatic heterocycles. The number of pyridine rings is 1. The first kappa shape index (κ1) is 21.5. The zero-order chi connectivity index (χ0) is 23.3. The summed E-state index contributed by atoms with van der Waals surface area (Å²) in [6.45, 7) is 3.39. The molecule has 0 spiro atoms. The molecule has 10 heteroatoms. The fourth-order valence-corrected chi connectivity index (χ4v) is 4.24. The molecular formula is C23H22ClFN6O2. The minimum Gasteiger partial charge on any atom is -0.370 e. The Labute approximate surface area is 194 Å². The third-order valence-corrected chi connectivity index (χ3v) is 6.18. The summed E-state index contributed by atoms with van der Waals surface area (Å²) in [5.41, 5.74) is 1.60. The van der Waals surface area contributed by atoms with Gasteiger partial charge in [-0.1, -0.05) is 11.6 Å². The second-order valence-corrected chi connectivity index (χ2v) is 8.56. The van der Waals surface area contributed by atoms with Gasteiger partial charge in [-0.15, -0.1) is 0 Å². The van der Waals surface area contributed by atoms with Crippen molar-refractivity contribution >= 4 is 28.3 Å². The Hall–Kier alpha value is -3.30. The molecule has 33 heavy (non-hydrogen) atoms. The van der Waals surface area contributed by atoms with Crippen LogP contribution in [0.3, 0.4) is 0 Å². The van der Waals surface area contributed by atoms with Crippen LogP contribution in [0.2, 0.25) is 5.02 Å². The van der Waals surface area contributed by atoms with E-state index >= 15 is 0 Å². The number of halogens is 2. The van der Waals surface area contributed by atoms with Gasteiger partial charge in [-0.2, -0.15) is 5.10 Å². The van der Waals surface area contributed by atoms with E-state index in [1.165, 1.54) is 10.6 Å². The van der Waals surface area contributed by atoms with E-state index in [1.807, 2.05) is 13.2 Å². The van der Waals surface area contributed by atoms with Crippen molar-refractivity contribution in [1.29, 1.82) is 0 Å². The van der Waals surface area contributed by atoms with Gasteiger partial charge in [0, 0.05) is 55.6 Å². The Balaban J connectivity index is 1.67. The Morgan fingerprint density at radius 3 is 2.76 bits per heavy atom. The van der Waals surface area contributed by atoms with Gasteiger partial charge in [0.25, 0.3) is 5.56 Å². The molecule has 5 rings (SSSR count). The molecule has 1 aliphatic rings. The maximum atomic E-state index is 14.9. The molecule has 1 aromatic carbocycles. The van der Waals surface area contributed by atoms with Crippen molar-refractivity contribution in [3.8, 4) is 11.3 Å². The van der Waals surface area contributed by atoms with Crippen molar-refractivity contribution in [3.05, 3.63) is 69.2 Å². The summed E-state index contributed by atoms with van der Waals surface area (Å²) < 4.78 is 24.1. The minimum absolute atomic E-state index is 0.181. The van der Waals surface area contributed by atoms with Crippen LogP contribution in [0.5, 0.6) is 0 Å². The summed E-state index contributed by atoms with van der Waals surface area (Å²) in [6, 6.07) is 6.13. The topological polar surface area (TPSA) is 78.1 Å². The molecule has 0 amide bonds. The van der Waals surface area contributed by atoms with Gasteiger partial charge in [0.15, 0.2) is 0 Å². The summed E-state index contributed by atoms with van der Waals surface area (Å²) in [5.74, 6) is 0.609. The van der Waals surface area contributed by atoms with Crippen molar-refractivity contribution in [3.63, 3.8) is 0 Å². The van der Waals surface area contributed by atoms with Crippen molar-refractivity contribution in [2.24, 2.45) is 14.1 Å². The van der Waals surface area contributed by atoms with E-state index in [-0.39, 0.29) is 33.3 Å². The average molecular weight is 469 g/mol. The zero-order valence-electron chi connectivity index (χ0n) is 18.4. The average Bonchev–Trinajstić information content (AvgIpc) is 3.23.